The number of aromatic nitrogens is 2. The van der Waals surface area contributed by atoms with Gasteiger partial charge in [0.1, 0.15) is 4.88 Å². The van der Waals surface area contributed by atoms with E-state index >= 15 is 0 Å². The molecule has 0 aliphatic carbocycles. The van der Waals surface area contributed by atoms with E-state index in [1.165, 1.54) is 11.3 Å². The summed E-state index contributed by atoms with van der Waals surface area (Å²) in [5.41, 5.74) is 2.56. The van der Waals surface area contributed by atoms with Gasteiger partial charge in [-0.2, -0.15) is 0 Å². The molecule has 0 aliphatic rings. The number of aromatic carboxylic acids is 1. The summed E-state index contributed by atoms with van der Waals surface area (Å²) >= 11 is 1.18. The number of carbonyl (C=O) groups is 1. The van der Waals surface area contributed by atoms with Gasteiger partial charge in [-0.25, -0.2) is 14.8 Å². The van der Waals surface area contributed by atoms with Crippen LogP contribution in [0, 0.1) is 0 Å². The second kappa shape index (κ2) is 9.65. The maximum absolute atomic E-state index is 11.0. The molecule has 7 heteroatoms. The second-order valence-corrected chi connectivity index (χ2v) is 6.11. The van der Waals surface area contributed by atoms with E-state index in [0.29, 0.717) is 18.1 Å². The molecule has 6 nitrogen and oxygen atoms in total. The topological polar surface area (TPSA) is 95.3 Å². The number of hydrogen-bond donors (Lipinski definition) is 3. The van der Waals surface area contributed by atoms with Gasteiger partial charge in [0.2, 0.25) is 5.95 Å². The molecule has 3 N–H and O–H groups in total. The van der Waals surface area contributed by atoms with Crippen LogP contribution in [0.1, 0.15) is 29.1 Å². The molecule has 1 aromatic carbocycles. The fourth-order valence-corrected chi connectivity index (χ4v) is 2.97. The molecule has 0 spiro atoms. The van der Waals surface area contributed by atoms with E-state index in [2.05, 4.69) is 15.3 Å². The van der Waals surface area contributed by atoms with Crippen LogP contribution >= 0.6 is 11.3 Å². The van der Waals surface area contributed by atoms with Gasteiger partial charge in [0, 0.05) is 18.5 Å². The van der Waals surface area contributed by atoms with Gasteiger partial charge in [0.05, 0.1) is 10.6 Å². The minimum Gasteiger partial charge on any atom is -0.477 e. The summed E-state index contributed by atoms with van der Waals surface area (Å²) in [5.74, 6) is -0.505. The molecule has 0 amide bonds. The second-order valence-electron chi connectivity index (χ2n) is 5.03. The molecule has 0 bridgehead atoms. The number of hydrogen-bond acceptors (Lipinski definition) is 6. The van der Waals surface area contributed by atoms with Crippen LogP contribution in [0.15, 0.2) is 48.7 Å². The molecular formula is C19H21N3O3S. The minimum absolute atomic E-state index is 0.122. The lowest BCUT2D eigenvalue weighted by atomic mass is 10.1. The van der Waals surface area contributed by atoms with Crippen molar-refractivity contribution in [1.29, 1.82) is 0 Å². The maximum Gasteiger partial charge on any atom is 0.345 e. The zero-order valence-corrected chi connectivity index (χ0v) is 15.5. The molecule has 2 heterocycles. The molecular weight excluding hydrogens is 350 g/mol. The Morgan fingerprint density at radius 3 is 2.46 bits per heavy atom. The van der Waals surface area contributed by atoms with Gasteiger partial charge < -0.3 is 15.5 Å². The van der Waals surface area contributed by atoms with Gasteiger partial charge in [-0.1, -0.05) is 26.0 Å². The third-order valence-corrected chi connectivity index (χ3v) is 4.43. The lowest BCUT2D eigenvalue weighted by Crippen LogP contribution is -1.98. The fraction of sp³-hybridized carbons (Fsp3) is 0.211. The van der Waals surface area contributed by atoms with E-state index in [0.717, 1.165) is 16.1 Å². The number of thiophene rings is 1. The highest BCUT2D eigenvalue weighted by Gasteiger charge is 2.10. The highest BCUT2D eigenvalue weighted by molar-refractivity contribution is 7.17. The summed E-state index contributed by atoms with van der Waals surface area (Å²) in [6.07, 6.45) is 2.25. The normalized spacial score (nSPS) is 9.96. The smallest absolute Gasteiger partial charge is 0.345 e. The first-order chi connectivity index (χ1) is 12.7. The predicted molar refractivity (Wildman–Crippen MR) is 104 cm³/mol. The van der Waals surface area contributed by atoms with Crippen LogP contribution in [0.25, 0.3) is 10.6 Å². The molecule has 0 radical (unpaired) electrons. The molecule has 3 rings (SSSR count). The molecule has 2 aromatic heterocycles. The van der Waals surface area contributed by atoms with Gasteiger partial charge in [0.15, 0.2) is 0 Å². The molecule has 0 aliphatic heterocycles. The summed E-state index contributed by atoms with van der Waals surface area (Å²) in [6.45, 7) is 4.12. The first-order valence-electron chi connectivity index (χ1n) is 8.29. The van der Waals surface area contributed by atoms with Crippen molar-refractivity contribution < 1.29 is 15.0 Å². The third-order valence-electron chi connectivity index (χ3n) is 3.34. The van der Waals surface area contributed by atoms with E-state index in [1.54, 1.807) is 24.4 Å². The van der Waals surface area contributed by atoms with Crippen LogP contribution in [0.4, 0.5) is 11.6 Å². The average Bonchev–Trinajstić information content (AvgIpc) is 3.16. The molecule has 3 aromatic rings. The zero-order chi connectivity index (χ0) is 18.9. The highest BCUT2D eigenvalue weighted by atomic mass is 32.1. The van der Waals surface area contributed by atoms with E-state index in [1.807, 2.05) is 38.1 Å². The molecule has 136 valence electrons. The summed E-state index contributed by atoms with van der Waals surface area (Å²) < 4.78 is 0. The zero-order valence-electron chi connectivity index (χ0n) is 14.6. The quantitative estimate of drug-likeness (QED) is 0.601. The molecule has 0 atom stereocenters. The van der Waals surface area contributed by atoms with Crippen LogP contribution in [0.5, 0.6) is 0 Å². The van der Waals surface area contributed by atoms with Crippen molar-refractivity contribution in [1.82, 2.24) is 9.97 Å². The fourth-order valence-electron chi connectivity index (χ4n) is 2.16. The standard InChI is InChI=1S/C17H15N3O3S.C2H6/c21-10-8-11-1-3-12(4-2-11)19-17-18-9-7-13(20-17)14-5-6-15(24-14)16(22)23;1-2/h1-7,9,21H,8,10H2,(H,22,23)(H,18,19,20);1-2H3. The van der Waals surface area contributed by atoms with E-state index in [9.17, 15) is 4.79 Å². The van der Waals surface area contributed by atoms with Gasteiger partial charge in [-0.05, 0) is 42.3 Å². The molecule has 26 heavy (non-hydrogen) atoms. The van der Waals surface area contributed by atoms with Gasteiger partial charge in [-0.3, -0.25) is 0 Å². The van der Waals surface area contributed by atoms with Crippen LogP contribution in [0.2, 0.25) is 0 Å². The van der Waals surface area contributed by atoms with Crippen LogP contribution in [-0.4, -0.2) is 32.8 Å². The Hall–Kier alpha value is -2.77. The lowest BCUT2D eigenvalue weighted by Gasteiger charge is -2.06. The highest BCUT2D eigenvalue weighted by Crippen LogP contribution is 2.27. The Balaban J connectivity index is 0.00000117. The van der Waals surface area contributed by atoms with Crippen LogP contribution in [0.3, 0.4) is 0 Å². The van der Waals surface area contributed by atoms with Crippen molar-refractivity contribution in [2.24, 2.45) is 0 Å². The Morgan fingerprint density at radius 1 is 1.12 bits per heavy atom. The largest absolute Gasteiger partial charge is 0.477 e. The monoisotopic (exact) mass is 371 g/mol. The minimum atomic E-state index is -0.943. The van der Waals surface area contributed by atoms with Crippen molar-refractivity contribution in [2.45, 2.75) is 20.3 Å². The number of carboxylic acids is 1. The average molecular weight is 371 g/mol. The van der Waals surface area contributed by atoms with Gasteiger partial charge in [-0.15, -0.1) is 11.3 Å². The molecule has 0 fully saturated rings. The number of nitrogens with one attached hydrogen (secondary N) is 1. The first kappa shape index (κ1) is 19.6. The summed E-state index contributed by atoms with van der Waals surface area (Å²) in [5, 5.41) is 21.0. The van der Waals surface area contributed by atoms with Gasteiger partial charge in [0.25, 0.3) is 0 Å². The summed E-state index contributed by atoms with van der Waals surface area (Å²) in [4.78, 5) is 20.6. The summed E-state index contributed by atoms with van der Waals surface area (Å²) in [7, 11) is 0. The number of anilines is 2. The number of aliphatic hydroxyl groups is 1. The predicted octanol–water partition coefficient (Wildman–Crippen LogP) is 4.21. The maximum atomic E-state index is 11.0. The SMILES string of the molecule is CC.O=C(O)c1ccc(-c2ccnc(Nc3ccc(CCO)cc3)n2)s1. The van der Waals surface area contributed by atoms with Crippen LogP contribution in [-0.2, 0) is 6.42 Å². The number of carboxylic acid groups (broad SMARTS) is 1. The summed E-state index contributed by atoms with van der Waals surface area (Å²) in [6, 6.07) is 12.7. The molecule has 0 saturated carbocycles. The van der Waals surface area contributed by atoms with Crippen molar-refractivity contribution in [3.8, 4) is 10.6 Å². The Morgan fingerprint density at radius 2 is 1.85 bits per heavy atom. The molecule has 0 saturated heterocycles. The number of nitrogens with zero attached hydrogens (tertiary/aromatic N) is 2. The van der Waals surface area contributed by atoms with E-state index in [4.69, 9.17) is 10.2 Å². The van der Waals surface area contributed by atoms with Crippen molar-refractivity contribution >= 4 is 28.9 Å². The third kappa shape index (κ3) is 5.11. The number of aliphatic hydroxyl groups excluding tert-OH is 1. The molecule has 0 unspecified atom stereocenters. The van der Waals surface area contributed by atoms with E-state index in [-0.39, 0.29) is 11.5 Å². The lowest BCUT2D eigenvalue weighted by molar-refractivity contribution is 0.0702. The Labute approximate surface area is 156 Å². The van der Waals surface area contributed by atoms with Crippen molar-refractivity contribution in [2.75, 3.05) is 11.9 Å². The first-order valence-corrected chi connectivity index (χ1v) is 9.11. The van der Waals surface area contributed by atoms with E-state index < -0.39 is 5.97 Å². The Bertz CT molecular complexity index is 847. The van der Waals surface area contributed by atoms with Crippen LogP contribution < -0.4 is 5.32 Å². The van der Waals surface area contributed by atoms with Crippen molar-refractivity contribution in [3.63, 3.8) is 0 Å². The Kier molecular flexibility index (Phi) is 7.25. The van der Waals surface area contributed by atoms with Gasteiger partial charge >= 0.3 is 5.97 Å². The van der Waals surface area contributed by atoms with Crippen molar-refractivity contribution in [3.05, 3.63) is 59.1 Å². The number of benzene rings is 1. The number of rotatable bonds is 6.